The van der Waals surface area contributed by atoms with Crippen molar-refractivity contribution in [1.82, 2.24) is 4.90 Å². The minimum Gasteiger partial charge on any atom is -0.494 e. The molecule has 0 aliphatic carbocycles. The molecule has 1 aliphatic heterocycles. The first-order valence-corrected chi connectivity index (χ1v) is 7.49. The van der Waals surface area contributed by atoms with Gasteiger partial charge >= 0.3 is 0 Å². The van der Waals surface area contributed by atoms with Gasteiger partial charge in [0.25, 0.3) is 0 Å². The van der Waals surface area contributed by atoms with E-state index in [1.165, 1.54) is 19.2 Å². The molecule has 0 spiro atoms. The molecule has 1 heterocycles. The molecule has 4 nitrogen and oxygen atoms in total. The maximum absolute atomic E-state index is 14.3. The van der Waals surface area contributed by atoms with Gasteiger partial charge in [-0.05, 0) is 25.0 Å². The summed E-state index contributed by atoms with van der Waals surface area (Å²) in [4.78, 5) is 1.96. The summed E-state index contributed by atoms with van der Waals surface area (Å²) in [6, 6.07) is 2.53. The number of hydrogen-bond donors (Lipinski definition) is 0. The third kappa shape index (κ3) is 4.38. The lowest BCUT2D eigenvalue weighted by Gasteiger charge is -2.25. The van der Waals surface area contributed by atoms with Gasteiger partial charge in [0.05, 0.1) is 19.8 Å². The van der Waals surface area contributed by atoms with Gasteiger partial charge in [0.15, 0.2) is 11.6 Å². The van der Waals surface area contributed by atoms with E-state index in [9.17, 15) is 8.78 Å². The number of hydrogen-bond acceptors (Lipinski definition) is 4. The molecule has 1 aromatic rings. The largest absolute Gasteiger partial charge is 0.494 e. The van der Waals surface area contributed by atoms with Crippen LogP contribution in [0.2, 0.25) is 0 Å². The van der Waals surface area contributed by atoms with Crippen molar-refractivity contribution in [2.45, 2.75) is 25.5 Å². The lowest BCUT2D eigenvalue weighted by atomic mass is 10.1. The van der Waals surface area contributed by atoms with E-state index in [1.54, 1.807) is 7.11 Å². The fourth-order valence-corrected chi connectivity index (χ4v) is 2.63. The van der Waals surface area contributed by atoms with Crippen molar-refractivity contribution in [3.63, 3.8) is 0 Å². The Hall–Kier alpha value is -1.24. The molecular formula is C16H23F2NO3. The lowest BCUT2D eigenvalue weighted by Crippen LogP contribution is -2.34. The van der Waals surface area contributed by atoms with Crippen LogP contribution >= 0.6 is 0 Å². The Balaban J connectivity index is 2.11. The quantitative estimate of drug-likeness (QED) is 0.738. The van der Waals surface area contributed by atoms with Crippen LogP contribution in [-0.4, -0.2) is 51.5 Å². The minimum absolute atomic E-state index is 0.0217. The smallest absolute Gasteiger partial charge is 0.172 e. The summed E-state index contributed by atoms with van der Waals surface area (Å²) in [5, 5.41) is 0. The molecule has 124 valence electrons. The Morgan fingerprint density at radius 3 is 2.77 bits per heavy atom. The molecule has 0 amide bonds. The highest BCUT2D eigenvalue weighted by Gasteiger charge is 2.22. The van der Waals surface area contributed by atoms with Crippen LogP contribution in [0.25, 0.3) is 0 Å². The van der Waals surface area contributed by atoms with E-state index in [0.717, 1.165) is 19.4 Å². The molecule has 1 atom stereocenters. The van der Waals surface area contributed by atoms with Gasteiger partial charge in [-0.1, -0.05) is 0 Å². The average Bonchev–Trinajstić information content (AvgIpc) is 3.02. The van der Waals surface area contributed by atoms with E-state index >= 15 is 0 Å². The molecule has 1 fully saturated rings. The van der Waals surface area contributed by atoms with Crippen LogP contribution in [0.1, 0.15) is 18.4 Å². The first-order valence-electron chi connectivity index (χ1n) is 7.49. The third-order valence-electron chi connectivity index (χ3n) is 3.85. The van der Waals surface area contributed by atoms with Crippen molar-refractivity contribution in [3.8, 4) is 5.75 Å². The summed E-state index contributed by atoms with van der Waals surface area (Å²) < 4.78 is 43.9. The van der Waals surface area contributed by atoms with Crippen molar-refractivity contribution in [2.24, 2.45) is 0 Å². The summed E-state index contributed by atoms with van der Waals surface area (Å²) in [6.07, 6.45) is 2.13. The van der Waals surface area contributed by atoms with Gasteiger partial charge in [-0.15, -0.1) is 0 Å². The van der Waals surface area contributed by atoms with Crippen LogP contribution in [0.3, 0.4) is 0 Å². The normalized spacial score (nSPS) is 18.1. The van der Waals surface area contributed by atoms with Crippen molar-refractivity contribution >= 4 is 0 Å². The minimum atomic E-state index is -0.641. The number of nitrogens with zero attached hydrogens (tertiary/aromatic N) is 1. The number of halogens is 2. The lowest BCUT2D eigenvalue weighted by molar-refractivity contribution is 0.0579. The predicted molar refractivity (Wildman–Crippen MR) is 79.0 cm³/mol. The van der Waals surface area contributed by atoms with Crippen LogP contribution in [0.4, 0.5) is 8.78 Å². The van der Waals surface area contributed by atoms with Crippen LogP contribution in [0, 0.1) is 11.6 Å². The summed E-state index contributed by atoms with van der Waals surface area (Å²) >= 11 is 0. The maximum Gasteiger partial charge on any atom is 0.172 e. The molecule has 22 heavy (non-hydrogen) atoms. The van der Waals surface area contributed by atoms with Crippen LogP contribution < -0.4 is 4.74 Å². The fourth-order valence-electron chi connectivity index (χ4n) is 2.63. The third-order valence-corrected chi connectivity index (χ3v) is 3.85. The molecule has 6 heteroatoms. The van der Waals surface area contributed by atoms with Crippen molar-refractivity contribution < 1.29 is 23.0 Å². The molecule has 1 aromatic carbocycles. The second kappa shape index (κ2) is 8.41. The molecule has 0 saturated carbocycles. The standard InChI is InChI=1S/C16H23F2NO3/c1-20-9-7-19(10-12-4-3-8-22-12)11-13-14(17)5-6-15(21-2)16(13)18/h5-6,12H,3-4,7-11H2,1-2H3/t12-/m0/s1. The van der Waals surface area contributed by atoms with Crippen LogP contribution in [0.15, 0.2) is 12.1 Å². The maximum atomic E-state index is 14.3. The second-order valence-corrected chi connectivity index (χ2v) is 5.41. The molecule has 0 unspecified atom stereocenters. The van der Waals surface area contributed by atoms with Gasteiger partial charge in [0, 0.05) is 38.9 Å². The molecule has 0 radical (unpaired) electrons. The molecular weight excluding hydrogens is 292 g/mol. The molecule has 0 bridgehead atoms. The topological polar surface area (TPSA) is 30.9 Å². The first kappa shape index (κ1) is 17.1. The summed E-state index contributed by atoms with van der Waals surface area (Å²) in [6.45, 7) is 2.65. The van der Waals surface area contributed by atoms with E-state index in [-0.39, 0.29) is 24.0 Å². The first-order chi connectivity index (χ1) is 10.7. The Morgan fingerprint density at radius 1 is 1.32 bits per heavy atom. The molecule has 1 aliphatic rings. The highest BCUT2D eigenvalue weighted by Crippen LogP contribution is 2.25. The van der Waals surface area contributed by atoms with E-state index in [2.05, 4.69) is 0 Å². The van der Waals surface area contributed by atoms with Gasteiger partial charge in [-0.3, -0.25) is 4.90 Å². The van der Waals surface area contributed by atoms with Crippen molar-refractivity contribution in [1.29, 1.82) is 0 Å². The fraction of sp³-hybridized carbons (Fsp3) is 0.625. The van der Waals surface area contributed by atoms with E-state index in [1.807, 2.05) is 4.90 Å². The molecule has 1 saturated heterocycles. The monoisotopic (exact) mass is 315 g/mol. The van der Waals surface area contributed by atoms with Gasteiger partial charge in [-0.2, -0.15) is 0 Å². The van der Waals surface area contributed by atoms with Gasteiger partial charge in [-0.25, -0.2) is 8.78 Å². The molecule has 2 rings (SSSR count). The van der Waals surface area contributed by atoms with Gasteiger partial charge < -0.3 is 14.2 Å². The Bertz CT molecular complexity index is 479. The highest BCUT2D eigenvalue weighted by atomic mass is 19.1. The molecule has 0 N–H and O–H groups in total. The van der Waals surface area contributed by atoms with Gasteiger partial charge in [0.2, 0.25) is 0 Å². The zero-order valence-electron chi connectivity index (χ0n) is 13.1. The summed E-state index contributed by atoms with van der Waals surface area (Å²) in [7, 11) is 2.98. The zero-order chi connectivity index (χ0) is 15.9. The van der Waals surface area contributed by atoms with Crippen LogP contribution in [-0.2, 0) is 16.0 Å². The number of benzene rings is 1. The Kier molecular flexibility index (Phi) is 6.54. The predicted octanol–water partition coefficient (Wildman–Crippen LogP) is 2.60. The summed E-state index contributed by atoms with van der Waals surface area (Å²) in [5.74, 6) is -1.15. The number of methoxy groups -OCH3 is 2. The highest BCUT2D eigenvalue weighted by molar-refractivity contribution is 5.32. The van der Waals surface area contributed by atoms with E-state index in [0.29, 0.717) is 19.7 Å². The number of rotatable bonds is 8. The van der Waals surface area contributed by atoms with E-state index < -0.39 is 11.6 Å². The van der Waals surface area contributed by atoms with Crippen LogP contribution in [0.5, 0.6) is 5.75 Å². The number of ether oxygens (including phenoxy) is 3. The second-order valence-electron chi connectivity index (χ2n) is 5.41. The Labute approximate surface area is 130 Å². The summed E-state index contributed by atoms with van der Waals surface area (Å²) in [5.41, 5.74) is 0.0217. The van der Waals surface area contributed by atoms with Crippen molar-refractivity contribution in [3.05, 3.63) is 29.3 Å². The van der Waals surface area contributed by atoms with E-state index in [4.69, 9.17) is 14.2 Å². The van der Waals surface area contributed by atoms with Gasteiger partial charge in [0.1, 0.15) is 5.82 Å². The zero-order valence-corrected chi connectivity index (χ0v) is 13.1. The van der Waals surface area contributed by atoms with Crippen molar-refractivity contribution in [2.75, 3.05) is 40.5 Å². The average molecular weight is 315 g/mol. The molecule has 0 aromatic heterocycles. The SMILES string of the molecule is COCCN(Cc1c(F)ccc(OC)c1F)C[C@@H]1CCCO1. The Morgan fingerprint density at radius 2 is 2.14 bits per heavy atom.